The SMILES string of the molecule is C=C=Cc1ccc(C)c(C)c1CC(C)/C(C)=C/C=C\C.S. The number of rotatable bonds is 5. The van der Waals surface area contributed by atoms with E-state index in [1.54, 1.807) is 0 Å². The molecule has 0 aliphatic rings. The summed E-state index contributed by atoms with van der Waals surface area (Å²) in [6.07, 6.45) is 9.43. The molecule has 0 fully saturated rings. The average molecular weight is 301 g/mol. The van der Waals surface area contributed by atoms with E-state index in [4.69, 9.17) is 0 Å². The monoisotopic (exact) mass is 300 g/mol. The third-order valence-corrected chi connectivity index (χ3v) is 4.00. The van der Waals surface area contributed by atoms with Gasteiger partial charge in [-0.05, 0) is 68.4 Å². The highest BCUT2D eigenvalue weighted by atomic mass is 32.1. The highest BCUT2D eigenvalue weighted by molar-refractivity contribution is 7.59. The Kier molecular flexibility index (Phi) is 8.85. The van der Waals surface area contributed by atoms with Crippen LogP contribution in [0, 0.1) is 19.8 Å². The van der Waals surface area contributed by atoms with E-state index in [1.165, 1.54) is 27.8 Å². The van der Waals surface area contributed by atoms with Crippen LogP contribution in [0.5, 0.6) is 0 Å². The van der Waals surface area contributed by atoms with Crippen molar-refractivity contribution in [1.29, 1.82) is 0 Å². The van der Waals surface area contributed by atoms with E-state index in [0.29, 0.717) is 5.92 Å². The molecule has 1 unspecified atom stereocenters. The van der Waals surface area contributed by atoms with Gasteiger partial charge < -0.3 is 0 Å². The van der Waals surface area contributed by atoms with Crippen LogP contribution in [0.3, 0.4) is 0 Å². The molecule has 0 spiro atoms. The lowest BCUT2D eigenvalue weighted by Crippen LogP contribution is -2.05. The van der Waals surface area contributed by atoms with Crippen LogP contribution in [-0.2, 0) is 6.42 Å². The van der Waals surface area contributed by atoms with Crippen molar-refractivity contribution in [2.45, 2.75) is 41.0 Å². The zero-order valence-corrected chi connectivity index (χ0v) is 15.0. The zero-order chi connectivity index (χ0) is 15.1. The molecule has 21 heavy (non-hydrogen) atoms. The molecule has 0 aromatic heterocycles. The summed E-state index contributed by atoms with van der Waals surface area (Å²) in [4.78, 5) is 0. The summed E-state index contributed by atoms with van der Waals surface area (Å²) in [6, 6.07) is 4.35. The second kappa shape index (κ2) is 9.50. The fourth-order valence-electron chi connectivity index (χ4n) is 2.29. The normalized spacial score (nSPS) is 12.7. The second-order valence-corrected chi connectivity index (χ2v) is 5.47. The molecule has 0 heterocycles. The van der Waals surface area contributed by atoms with Crippen LogP contribution in [0.1, 0.15) is 43.0 Å². The first-order valence-corrected chi connectivity index (χ1v) is 7.25. The van der Waals surface area contributed by atoms with E-state index in [0.717, 1.165) is 6.42 Å². The molecular formula is C20H28S. The van der Waals surface area contributed by atoms with Gasteiger partial charge in [0.2, 0.25) is 0 Å². The highest BCUT2D eigenvalue weighted by Crippen LogP contribution is 2.25. The smallest absolute Gasteiger partial charge is 0.0131 e. The predicted molar refractivity (Wildman–Crippen MR) is 101 cm³/mol. The third-order valence-electron chi connectivity index (χ3n) is 4.00. The fourth-order valence-corrected chi connectivity index (χ4v) is 2.29. The van der Waals surface area contributed by atoms with Gasteiger partial charge in [-0.2, -0.15) is 13.5 Å². The standard InChI is InChI=1S/C20H26.H2S/c1-7-9-11-15(3)17(5)14-20-18(6)16(4)12-13-19(20)10-8-2;/h7,9-13,17H,2,14H2,1,3-6H3;1H2/b9-7-,15-11+;. The van der Waals surface area contributed by atoms with Crippen molar-refractivity contribution in [1.82, 2.24) is 0 Å². The van der Waals surface area contributed by atoms with Gasteiger partial charge in [0.1, 0.15) is 0 Å². The molecule has 0 aliphatic carbocycles. The lowest BCUT2D eigenvalue weighted by molar-refractivity contribution is 0.674. The summed E-state index contributed by atoms with van der Waals surface area (Å²) in [5.41, 5.74) is 9.72. The molecule has 0 saturated heterocycles. The molecule has 0 nitrogen and oxygen atoms in total. The van der Waals surface area contributed by atoms with Crippen LogP contribution < -0.4 is 0 Å². The number of aryl methyl sites for hydroxylation is 1. The summed E-state index contributed by atoms with van der Waals surface area (Å²) < 4.78 is 0. The topological polar surface area (TPSA) is 0 Å². The predicted octanol–water partition coefficient (Wildman–Crippen LogP) is 5.92. The number of hydrogen-bond acceptors (Lipinski definition) is 0. The van der Waals surface area contributed by atoms with Gasteiger partial charge in [-0.15, -0.1) is 5.73 Å². The van der Waals surface area contributed by atoms with Crippen LogP contribution in [0.4, 0.5) is 0 Å². The Morgan fingerprint density at radius 2 is 2.00 bits per heavy atom. The highest BCUT2D eigenvalue weighted by Gasteiger charge is 2.11. The molecular weight excluding hydrogens is 272 g/mol. The van der Waals surface area contributed by atoms with Crippen molar-refractivity contribution in [2.24, 2.45) is 5.92 Å². The molecule has 0 bridgehead atoms. The van der Waals surface area contributed by atoms with Crippen molar-refractivity contribution in [3.63, 3.8) is 0 Å². The first-order chi connectivity index (χ1) is 9.51. The Morgan fingerprint density at radius 3 is 2.57 bits per heavy atom. The van der Waals surface area contributed by atoms with Gasteiger partial charge >= 0.3 is 0 Å². The summed E-state index contributed by atoms with van der Waals surface area (Å²) >= 11 is 0. The first-order valence-electron chi connectivity index (χ1n) is 7.25. The average Bonchev–Trinajstić information content (AvgIpc) is 2.44. The van der Waals surface area contributed by atoms with E-state index in [2.05, 4.69) is 70.4 Å². The molecule has 1 heteroatoms. The van der Waals surface area contributed by atoms with Crippen molar-refractivity contribution in [3.05, 3.63) is 70.5 Å². The van der Waals surface area contributed by atoms with E-state index in [9.17, 15) is 0 Å². The van der Waals surface area contributed by atoms with Crippen LogP contribution in [0.15, 0.2) is 48.2 Å². The van der Waals surface area contributed by atoms with Gasteiger partial charge in [0, 0.05) is 0 Å². The lowest BCUT2D eigenvalue weighted by Gasteiger charge is -2.17. The van der Waals surface area contributed by atoms with Crippen molar-refractivity contribution < 1.29 is 0 Å². The molecule has 0 saturated carbocycles. The minimum Gasteiger partial charge on any atom is -0.197 e. The van der Waals surface area contributed by atoms with Crippen molar-refractivity contribution >= 4 is 19.6 Å². The quantitative estimate of drug-likeness (QED) is 0.468. The molecule has 0 radical (unpaired) electrons. The maximum atomic E-state index is 3.70. The Bertz CT molecular complexity index is 570. The molecule has 1 aromatic rings. The molecule has 1 rings (SSSR count). The molecule has 1 atom stereocenters. The van der Waals surface area contributed by atoms with Crippen LogP contribution in [0.25, 0.3) is 6.08 Å². The van der Waals surface area contributed by atoms with Gasteiger partial charge in [-0.1, -0.05) is 49.4 Å². The van der Waals surface area contributed by atoms with Gasteiger partial charge in [-0.3, -0.25) is 0 Å². The maximum Gasteiger partial charge on any atom is -0.0131 e. The van der Waals surface area contributed by atoms with E-state index in [1.807, 2.05) is 13.0 Å². The minimum atomic E-state index is 0. The Labute approximate surface area is 137 Å². The lowest BCUT2D eigenvalue weighted by atomic mass is 9.87. The Hall–Kier alpha value is -1.43. The molecule has 114 valence electrons. The number of allylic oxidation sites excluding steroid dienone is 4. The van der Waals surface area contributed by atoms with Crippen LogP contribution >= 0.6 is 13.5 Å². The van der Waals surface area contributed by atoms with Gasteiger partial charge in [0.05, 0.1) is 0 Å². The first kappa shape index (κ1) is 19.6. The minimum absolute atomic E-state index is 0. The summed E-state index contributed by atoms with van der Waals surface area (Å²) in [5, 5.41) is 0. The van der Waals surface area contributed by atoms with Crippen molar-refractivity contribution in [3.8, 4) is 0 Å². The van der Waals surface area contributed by atoms with E-state index < -0.39 is 0 Å². The van der Waals surface area contributed by atoms with Crippen LogP contribution in [0.2, 0.25) is 0 Å². The second-order valence-electron chi connectivity index (χ2n) is 5.47. The molecule has 0 N–H and O–H groups in total. The number of benzene rings is 1. The molecule has 0 aliphatic heterocycles. The third kappa shape index (κ3) is 5.46. The summed E-state index contributed by atoms with van der Waals surface area (Å²) in [6.45, 7) is 14.6. The van der Waals surface area contributed by atoms with E-state index >= 15 is 0 Å². The maximum absolute atomic E-state index is 3.70. The van der Waals surface area contributed by atoms with Gasteiger partial charge in [0.15, 0.2) is 0 Å². The van der Waals surface area contributed by atoms with Crippen LogP contribution in [-0.4, -0.2) is 0 Å². The summed E-state index contributed by atoms with van der Waals surface area (Å²) in [5.74, 6) is 0.531. The molecule has 0 amide bonds. The molecule has 1 aromatic carbocycles. The number of hydrogen-bond donors (Lipinski definition) is 0. The largest absolute Gasteiger partial charge is 0.197 e. The zero-order valence-electron chi connectivity index (χ0n) is 14.0. The van der Waals surface area contributed by atoms with Crippen molar-refractivity contribution in [2.75, 3.05) is 0 Å². The van der Waals surface area contributed by atoms with Gasteiger partial charge in [0.25, 0.3) is 0 Å². The summed E-state index contributed by atoms with van der Waals surface area (Å²) in [7, 11) is 0. The Balaban J connectivity index is 0.00000400. The fraction of sp³-hybridized carbons (Fsp3) is 0.350. The van der Waals surface area contributed by atoms with Gasteiger partial charge in [-0.25, -0.2) is 0 Å². The Morgan fingerprint density at radius 1 is 1.33 bits per heavy atom. The van der Waals surface area contributed by atoms with E-state index in [-0.39, 0.29) is 13.5 Å².